The molecule has 1 aliphatic rings. The fourth-order valence-corrected chi connectivity index (χ4v) is 2.15. The third kappa shape index (κ3) is 3.08. The first-order valence-electron chi connectivity index (χ1n) is 6.45. The molecule has 0 fully saturated rings. The maximum absolute atomic E-state index is 11.5. The van der Waals surface area contributed by atoms with Gasteiger partial charge in [-0.1, -0.05) is 24.3 Å². The van der Waals surface area contributed by atoms with E-state index in [4.69, 9.17) is 5.11 Å². The van der Waals surface area contributed by atoms with Gasteiger partial charge >= 0.3 is 12.0 Å². The van der Waals surface area contributed by atoms with Crippen LogP contribution in [0.2, 0.25) is 0 Å². The van der Waals surface area contributed by atoms with Crippen molar-refractivity contribution in [3.63, 3.8) is 0 Å². The highest BCUT2D eigenvalue weighted by Crippen LogP contribution is 2.33. The number of hydrogen-bond donors (Lipinski definition) is 4. The number of aliphatic hydroxyl groups is 1. The number of amides is 2. The zero-order chi connectivity index (χ0) is 14.8. The Bertz CT molecular complexity index is 528. The van der Waals surface area contributed by atoms with Crippen LogP contribution in [0.25, 0.3) is 0 Å². The summed E-state index contributed by atoms with van der Waals surface area (Å²) in [5.41, 5.74) is 0.583. The number of nitrogens with one attached hydrogen (secondary N) is 2. The molecule has 0 radical (unpaired) electrons. The first kappa shape index (κ1) is 14.3. The van der Waals surface area contributed by atoms with Crippen LogP contribution in [0.1, 0.15) is 24.0 Å². The predicted octanol–water partition coefficient (Wildman–Crippen LogP) is 0.461. The van der Waals surface area contributed by atoms with E-state index in [1.165, 1.54) is 11.1 Å². The molecule has 6 heteroatoms. The van der Waals surface area contributed by atoms with Crippen LogP contribution in [0.5, 0.6) is 0 Å². The van der Waals surface area contributed by atoms with E-state index in [-0.39, 0.29) is 6.54 Å². The Kier molecular flexibility index (Phi) is 3.94. The maximum Gasteiger partial charge on any atom is 0.337 e. The molecule has 4 N–H and O–H groups in total. The number of hydrogen-bond acceptors (Lipinski definition) is 3. The molecule has 1 aromatic rings. The zero-order valence-corrected chi connectivity index (χ0v) is 11.2. The zero-order valence-electron chi connectivity index (χ0n) is 11.2. The fraction of sp³-hybridized carbons (Fsp3) is 0.429. The van der Waals surface area contributed by atoms with Gasteiger partial charge in [-0.25, -0.2) is 9.59 Å². The molecule has 2 rings (SSSR count). The van der Waals surface area contributed by atoms with Gasteiger partial charge in [0.2, 0.25) is 0 Å². The molecule has 2 amide bonds. The van der Waals surface area contributed by atoms with Crippen molar-refractivity contribution in [3.8, 4) is 0 Å². The number of carbonyl (C=O) groups is 2. The smallest absolute Gasteiger partial charge is 0.337 e. The van der Waals surface area contributed by atoms with Crippen molar-refractivity contribution in [2.45, 2.75) is 24.9 Å². The minimum absolute atomic E-state index is 0.303. The highest BCUT2D eigenvalue weighted by Gasteiger charge is 2.30. The van der Waals surface area contributed by atoms with Gasteiger partial charge in [0.15, 0.2) is 5.60 Å². The summed E-state index contributed by atoms with van der Waals surface area (Å²) < 4.78 is 0. The number of urea groups is 1. The number of benzene rings is 1. The third-order valence-electron chi connectivity index (χ3n) is 3.52. The lowest BCUT2D eigenvalue weighted by Gasteiger charge is -2.30. The van der Waals surface area contributed by atoms with E-state index in [1.54, 1.807) is 0 Å². The highest BCUT2D eigenvalue weighted by atomic mass is 16.4. The Morgan fingerprint density at radius 3 is 2.70 bits per heavy atom. The molecule has 0 saturated heterocycles. The summed E-state index contributed by atoms with van der Waals surface area (Å²) in [6.45, 7) is 1.30. The molecule has 20 heavy (non-hydrogen) atoms. The Morgan fingerprint density at radius 2 is 2.05 bits per heavy atom. The third-order valence-corrected chi connectivity index (χ3v) is 3.52. The average molecular weight is 278 g/mol. The van der Waals surface area contributed by atoms with Gasteiger partial charge in [0, 0.05) is 12.5 Å². The van der Waals surface area contributed by atoms with Crippen LogP contribution in [-0.4, -0.2) is 40.9 Å². The molecule has 2 atom stereocenters. The van der Waals surface area contributed by atoms with Gasteiger partial charge in [-0.05, 0) is 24.5 Å². The van der Waals surface area contributed by atoms with Gasteiger partial charge in [0.05, 0.1) is 6.54 Å². The van der Waals surface area contributed by atoms with Crippen LogP contribution < -0.4 is 10.6 Å². The lowest BCUT2D eigenvalue weighted by molar-refractivity contribution is -0.155. The second-order valence-corrected chi connectivity index (χ2v) is 5.24. The SMILES string of the molecule is CC(O)(CNC(=O)NCC1Cc2ccccc21)C(=O)O. The van der Waals surface area contributed by atoms with Crippen LogP contribution in [0.3, 0.4) is 0 Å². The second kappa shape index (κ2) is 5.50. The van der Waals surface area contributed by atoms with Gasteiger partial charge in [-0.2, -0.15) is 0 Å². The number of carboxylic acids is 1. The highest BCUT2D eigenvalue weighted by molar-refractivity contribution is 5.79. The topological polar surface area (TPSA) is 98.7 Å². The number of carbonyl (C=O) groups excluding carboxylic acids is 1. The van der Waals surface area contributed by atoms with Gasteiger partial charge in [-0.3, -0.25) is 0 Å². The van der Waals surface area contributed by atoms with Crippen molar-refractivity contribution in [2.75, 3.05) is 13.1 Å². The molecule has 2 unspecified atom stereocenters. The van der Waals surface area contributed by atoms with Crippen LogP contribution >= 0.6 is 0 Å². The van der Waals surface area contributed by atoms with Gasteiger partial charge in [-0.15, -0.1) is 0 Å². The second-order valence-electron chi connectivity index (χ2n) is 5.24. The Hall–Kier alpha value is -2.08. The number of carboxylic acid groups (broad SMARTS) is 1. The first-order chi connectivity index (χ1) is 9.40. The molecule has 108 valence electrons. The Labute approximate surface area is 116 Å². The minimum atomic E-state index is -1.96. The number of rotatable bonds is 5. The van der Waals surface area contributed by atoms with E-state index in [2.05, 4.69) is 16.7 Å². The van der Waals surface area contributed by atoms with Gasteiger partial charge < -0.3 is 20.8 Å². The summed E-state index contributed by atoms with van der Waals surface area (Å²) in [7, 11) is 0. The monoisotopic (exact) mass is 278 g/mol. The normalized spacial score (nSPS) is 19.2. The van der Waals surface area contributed by atoms with Crippen molar-refractivity contribution in [3.05, 3.63) is 35.4 Å². The standard InChI is InChI=1S/C14H18N2O4/c1-14(20,12(17)18)8-16-13(19)15-7-10-6-9-4-2-3-5-11(9)10/h2-5,10,20H,6-8H2,1H3,(H,17,18)(H2,15,16,19). The van der Waals surface area contributed by atoms with E-state index in [1.807, 2.05) is 18.2 Å². The lowest BCUT2D eigenvalue weighted by atomic mass is 9.78. The molecule has 0 spiro atoms. The van der Waals surface area contributed by atoms with Crippen molar-refractivity contribution in [1.29, 1.82) is 0 Å². The minimum Gasteiger partial charge on any atom is -0.479 e. The van der Waals surface area contributed by atoms with Crippen LogP contribution in [0.15, 0.2) is 24.3 Å². The molecule has 0 aliphatic heterocycles. The summed E-state index contributed by atoms with van der Waals surface area (Å²) in [6, 6.07) is 7.59. The lowest BCUT2D eigenvalue weighted by Crippen LogP contribution is -2.49. The fourth-order valence-electron chi connectivity index (χ4n) is 2.15. The van der Waals surface area contributed by atoms with E-state index < -0.39 is 17.6 Å². The van der Waals surface area contributed by atoms with E-state index in [0.717, 1.165) is 13.3 Å². The largest absolute Gasteiger partial charge is 0.479 e. The van der Waals surface area contributed by atoms with Crippen molar-refractivity contribution >= 4 is 12.0 Å². The summed E-state index contributed by atoms with van der Waals surface area (Å²) in [6.07, 6.45) is 0.934. The van der Waals surface area contributed by atoms with Crippen LogP contribution in [-0.2, 0) is 11.2 Å². The van der Waals surface area contributed by atoms with E-state index in [0.29, 0.717) is 12.5 Å². The predicted molar refractivity (Wildman–Crippen MR) is 72.5 cm³/mol. The molecule has 0 bridgehead atoms. The van der Waals surface area contributed by atoms with Crippen molar-refractivity contribution in [1.82, 2.24) is 10.6 Å². The van der Waals surface area contributed by atoms with Crippen molar-refractivity contribution in [2.24, 2.45) is 0 Å². The molecule has 0 aromatic heterocycles. The van der Waals surface area contributed by atoms with Gasteiger partial charge in [0.1, 0.15) is 0 Å². The first-order valence-corrected chi connectivity index (χ1v) is 6.45. The average Bonchev–Trinajstić information content (AvgIpc) is 2.37. The van der Waals surface area contributed by atoms with E-state index >= 15 is 0 Å². The summed E-state index contributed by atoms with van der Waals surface area (Å²) in [5.74, 6) is -1.07. The van der Waals surface area contributed by atoms with Crippen molar-refractivity contribution < 1.29 is 19.8 Å². The molecule has 0 heterocycles. The molecule has 1 aromatic carbocycles. The quantitative estimate of drug-likeness (QED) is 0.629. The summed E-state index contributed by atoms with van der Waals surface area (Å²) >= 11 is 0. The molecule has 0 saturated carbocycles. The van der Waals surface area contributed by atoms with Crippen LogP contribution in [0, 0.1) is 0 Å². The maximum atomic E-state index is 11.5. The molecular weight excluding hydrogens is 260 g/mol. The molecule has 1 aliphatic carbocycles. The number of aliphatic carboxylic acids is 1. The Balaban J connectivity index is 1.74. The Morgan fingerprint density at radius 1 is 1.35 bits per heavy atom. The van der Waals surface area contributed by atoms with E-state index in [9.17, 15) is 14.7 Å². The summed E-state index contributed by atoms with van der Waals surface area (Å²) in [4.78, 5) is 22.2. The molecular formula is C14H18N2O4. The number of fused-ring (bicyclic) bond motifs is 1. The van der Waals surface area contributed by atoms with Gasteiger partial charge in [0.25, 0.3) is 0 Å². The van der Waals surface area contributed by atoms with Crippen LogP contribution in [0.4, 0.5) is 4.79 Å². The summed E-state index contributed by atoms with van der Waals surface area (Å²) in [5, 5.41) is 23.2. The molecule has 6 nitrogen and oxygen atoms in total.